The van der Waals surface area contributed by atoms with Crippen LogP contribution in [0, 0.1) is 0 Å². The van der Waals surface area contributed by atoms with Gasteiger partial charge in [-0.05, 0) is 107 Å². The quantitative estimate of drug-likeness (QED) is 0.171. The third-order valence-corrected chi connectivity index (χ3v) is 8.56. The summed E-state index contributed by atoms with van der Waals surface area (Å²) in [5.41, 5.74) is -9.11. The van der Waals surface area contributed by atoms with Crippen LogP contribution in [0.2, 0.25) is 0 Å². The van der Waals surface area contributed by atoms with Crippen LogP contribution in [0.4, 0.5) is 0 Å². The highest BCUT2D eigenvalue weighted by atomic mass is 16.3. The highest BCUT2D eigenvalue weighted by Crippen LogP contribution is 2.49. The number of furan rings is 1. The Bertz CT molecular complexity index is 4630. The molecule has 0 bridgehead atoms. The minimum absolute atomic E-state index is 0.484. The second-order valence-corrected chi connectivity index (χ2v) is 11.1. The molecule has 0 atom stereocenters. The second-order valence-electron chi connectivity index (χ2n) is 11.1. The minimum atomic E-state index is -3.03. The normalized spacial score (nSPS) is 21.8. The summed E-state index contributed by atoms with van der Waals surface area (Å²) in [5, 5.41) is -5.32. The van der Waals surface area contributed by atoms with Crippen LogP contribution in [-0.4, -0.2) is 0 Å². The monoisotopic (exact) mass is 664 g/mol. The molecule has 0 unspecified atom stereocenters. The summed E-state index contributed by atoms with van der Waals surface area (Å²) in [7, 11) is 0. The fourth-order valence-corrected chi connectivity index (χ4v) is 6.53. The first-order valence-corrected chi connectivity index (χ1v) is 14.9. The Morgan fingerprint density at radius 2 is 1.02 bits per heavy atom. The average molecular weight is 665 g/mol. The van der Waals surface area contributed by atoms with E-state index in [1.807, 2.05) is 0 Å². The Labute approximate surface area is 331 Å². The Morgan fingerprint density at radius 1 is 0.420 bits per heavy atom. The van der Waals surface area contributed by atoms with Gasteiger partial charge in [0, 0.05) is 18.9 Å². The molecule has 10 aromatic rings. The molecule has 1 aromatic heterocycles. The first-order chi connectivity index (χ1) is 37.2. The Hall–Kier alpha value is -6.44. The van der Waals surface area contributed by atoms with Crippen LogP contribution in [0.25, 0.3) is 98.8 Å². The van der Waals surface area contributed by atoms with E-state index >= 15 is 0 Å². The third kappa shape index (κ3) is 3.89. The van der Waals surface area contributed by atoms with Crippen molar-refractivity contribution in [3.8, 4) is 44.5 Å². The van der Waals surface area contributed by atoms with Gasteiger partial charge in [0.25, 0.3) is 0 Å². The standard InChI is InChI=1S/C49H30O/c1-4-18-37-30(12-1)26-27-43-48-42(24-11-25-44(48)50-49(37)43)47-40-21-7-5-19-38(40)46(39-20-6-8-22-41(39)47)34-15-9-14-32(29-34)36-23-10-16-33-28-31-13-2-3-17-35(31)45(33)36/h1-27,29H,28H2/i1D,2D,3D,4D,5D,6D,7D,8D,9D,10D,11D,12D,13D,14D,15D,16D,17D,18D,19D,20D,21D,22D,23D,24D,25D,26D,27D,28D2,29D. The number of hydrogen-bond donors (Lipinski definition) is 0. The molecule has 50 heavy (non-hydrogen) atoms. The summed E-state index contributed by atoms with van der Waals surface area (Å²) < 4.78 is 280. The number of fused-ring (bicyclic) bond motifs is 10. The van der Waals surface area contributed by atoms with Crippen molar-refractivity contribution in [2.45, 2.75) is 6.37 Å². The van der Waals surface area contributed by atoms with Gasteiger partial charge in [-0.25, -0.2) is 0 Å². The first-order valence-electron chi connectivity index (χ1n) is 29.9. The molecule has 1 aliphatic carbocycles. The smallest absolute Gasteiger partial charge is 0.143 e. The summed E-state index contributed by atoms with van der Waals surface area (Å²) in [4.78, 5) is 0. The lowest BCUT2D eigenvalue weighted by Crippen LogP contribution is -1.92. The van der Waals surface area contributed by atoms with Gasteiger partial charge in [-0.3, -0.25) is 0 Å². The highest BCUT2D eigenvalue weighted by molar-refractivity contribution is 6.27. The molecular formula is C49H30O. The summed E-state index contributed by atoms with van der Waals surface area (Å²) in [6, 6.07) is -27.3. The molecular weight excluding hydrogens is 605 g/mol. The van der Waals surface area contributed by atoms with Gasteiger partial charge in [-0.1, -0.05) is 151 Å². The van der Waals surface area contributed by atoms with E-state index in [1.165, 1.54) is 0 Å². The molecule has 0 aliphatic heterocycles. The number of hydrogen-bond acceptors (Lipinski definition) is 1. The van der Waals surface area contributed by atoms with Gasteiger partial charge in [0.15, 0.2) is 0 Å². The number of rotatable bonds is 3. The van der Waals surface area contributed by atoms with Crippen molar-refractivity contribution in [1.29, 1.82) is 0 Å². The predicted molar refractivity (Wildman–Crippen MR) is 211 cm³/mol. The molecule has 0 amide bonds. The largest absolute Gasteiger partial charge is 0.455 e. The summed E-state index contributed by atoms with van der Waals surface area (Å²) in [6.07, 6.45) is -3.03. The van der Waals surface area contributed by atoms with E-state index in [9.17, 15) is 17.8 Å². The SMILES string of the molecule is [2H]c1c([2H])c(-c2c([2H])c([2H])c([2H])c3c2-c2c([2H])c([2H])c([2H])c([2H])c2C3([2H])[2H])c([2H])c(-c2c3c([2H])c([2H])c([2H])c([2H])c3c(-c3c([2H])c([2H])c([2H])c4oc5c6c([2H])c([2H])c([2H])c([2H])c6c([2H])c([2H])c5c34)c3c([2H])c([2H])c([2H])c([2H])c23)c1[2H]. The van der Waals surface area contributed by atoms with E-state index in [4.69, 9.17) is 27.7 Å². The second kappa shape index (κ2) is 10.5. The van der Waals surface area contributed by atoms with E-state index in [-0.39, 0.29) is 0 Å². The van der Waals surface area contributed by atoms with Gasteiger partial charge >= 0.3 is 0 Å². The molecule has 0 fully saturated rings. The van der Waals surface area contributed by atoms with Crippen LogP contribution in [0.3, 0.4) is 0 Å². The summed E-state index contributed by atoms with van der Waals surface area (Å²) in [6.45, 7) is 0. The van der Waals surface area contributed by atoms with Crippen molar-refractivity contribution in [2.24, 2.45) is 0 Å². The molecule has 9 aromatic carbocycles. The van der Waals surface area contributed by atoms with Crippen molar-refractivity contribution < 1.29 is 45.5 Å². The first kappa shape index (κ1) is 11.3. The van der Waals surface area contributed by atoms with E-state index in [0.29, 0.717) is 0 Å². The van der Waals surface area contributed by atoms with Crippen LogP contribution in [0.5, 0.6) is 0 Å². The average Bonchev–Trinajstić information content (AvgIpc) is 3.92. The van der Waals surface area contributed by atoms with Crippen LogP contribution < -0.4 is 0 Å². The molecule has 232 valence electrons. The van der Waals surface area contributed by atoms with Crippen LogP contribution >= 0.6 is 0 Å². The zero-order chi connectivity index (χ0) is 58.9. The maximum Gasteiger partial charge on any atom is 0.143 e. The molecule has 0 saturated carbocycles. The van der Waals surface area contributed by atoms with Crippen molar-refractivity contribution in [3.63, 3.8) is 0 Å². The third-order valence-electron chi connectivity index (χ3n) is 8.56. The van der Waals surface area contributed by atoms with Crippen LogP contribution in [0.1, 0.15) is 52.2 Å². The molecule has 1 aliphatic rings. The predicted octanol–water partition coefficient (Wildman–Crippen LogP) is 13.6. The molecule has 0 radical (unpaired) electrons. The van der Waals surface area contributed by atoms with Gasteiger partial charge in [-0.15, -0.1) is 0 Å². The molecule has 0 N–H and O–H groups in total. The summed E-state index contributed by atoms with van der Waals surface area (Å²) >= 11 is 0. The molecule has 1 nitrogen and oxygen atoms in total. The minimum Gasteiger partial charge on any atom is -0.455 e. The molecule has 1 heteroatoms. The highest BCUT2D eigenvalue weighted by Gasteiger charge is 2.23. The fraction of sp³-hybridized carbons (Fsp3) is 0.0204. The van der Waals surface area contributed by atoms with Gasteiger partial charge in [0.2, 0.25) is 0 Å². The van der Waals surface area contributed by atoms with Crippen molar-refractivity contribution >= 4 is 54.3 Å². The van der Waals surface area contributed by atoms with Crippen molar-refractivity contribution in [1.82, 2.24) is 0 Å². The van der Waals surface area contributed by atoms with Crippen molar-refractivity contribution in [2.75, 3.05) is 0 Å². The van der Waals surface area contributed by atoms with Crippen molar-refractivity contribution in [3.05, 3.63) is 180 Å². The molecule has 0 saturated heterocycles. The van der Waals surface area contributed by atoms with Gasteiger partial charge in [0.05, 0.1) is 38.4 Å². The lowest BCUT2D eigenvalue weighted by Gasteiger charge is -2.19. The Morgan fingerprint density at radius 3 is 1.84 bits per heavy atom. The maximum atomic E-state index is 10.1. The van der Waals surface area contributed by atoms with Gasteiger partial charge in [-0.2, -0.15) is 0 Å². The van der Waals surface area contributed by atoms with Crippen LogP contribution in [-0.2, 0) is 6.37 Å². The van der Waals surface area contributed by atoms with E-state index in [1.54, 1.807) is 0 Å². The zero-order valence-electron chi connectivity index (χ0n) is 54.9. The number of benzene rings is 9. The zero-order valence-corrected chi connectivity index (χ0v) is 24.9. The molecule has 1 heterocycles. The Kier molecular flexibility index (Phi) is 2.38. The van der Waals surface area contributed by atoms with E-state index in [0.717, 1.165) is 0 Å². The lowest BCUT2D eigenvalue weighted by molar-refractivity contribution is 0.673. The van der Waals surface area contributed by atoms with E-state index in [2.05, 4.69) is 0 Å². The summed E-state index contributed by atoms with van der Waals surface area (Å²) in [5.74, 6) is 0. The molecule has 11 rings (SSSR count). The lowest BCUT2D eigenvalue weighted by atomic mass is 9.84. The van der Waals surface area contributed by atoms with Gasteiger partial charge in [0.1, 0.15) is 11.2 Å². The van der Waals surface area contributed by atoms with E-state index < -0.39 is 285 Å². The maximum absolute atomic E-state index is 10.1. The molecule has 0 spiro atoms. The topological polar surface area (TPSA) is 13.1 Å². The van der Waals surface area contributed by atoms with Crippen LogP contribution in [0.15, 0.2) is 174 Å². The van der Waals surface area contributed by atoms with Gasteiger partial charge < -0.3 is 4.42 Å². The Balaban J connectivity index is 1.43. The fourth-order valence-electron chi connectivity index (χ4n) is 6.53.